The van der Waals surface area contributed by atoms with E-state index in [-0.39, 0.29) is 37.5 Å². The molecule has 6 heteroatoms. The van der Waals surface area contributed by atoms with Crippen molar-refractivity contribution >= 4 is 17.9 Å². The van der Waals surface area contributed by atoms with Gasteiger partial charge in [-0.1, -0.05) is 214 Å². The van der Waals surface area contributed by atoms with E-state index in [0.717, 1.165) is 89.9 Å². The minimum atomic E-state index is -0.814. The number of hydrogen-bond donors (Lipinski definition) is 0. The topological polar surface area (TPSA) is 78.9 Å². The van der Waals surface area contributed by atoms with Crippen LogP contribution in [0.2, 0.25) is 0 Å². The minimum absolute atomic E-state index is 0.107. The first-order valence-electron chi connectivity index (χ1n) is 27.2. The molecule has 66 heavy (non-hydrogen) atoms. The van der Waals surface area contributed by atoms with E-state index >= 15 is 0 Å². The second-order valence-corrected chi connectivity index (χ2v) is 17.7. The molecule has 6 nitrogen and oxygen atoms in total. The van der Waals surface area contributed by atoms with Crippen molar-refractivity contribution in [3.05, 3.63) is 97.2 Å². The Kier molecular flexibility index (Phi) is 50.9. The molecule has 0 aliphatic heterocycles. The molecule has 0 aromatic carbocycles. The summed E-state index contributed by atoms with van der Waals surface area (Å²) in [6, 6.07) is 0. The van der Waals surface area contributed by atoms with Gasteiger partial charge < -0.3 is 14.2 Å². The second-order valence-electron chi connectivity index (χ2n) is 17.7. The number of allylic oxidation sites excluding steroid dienone is 16. The lowest BCUT2D eigenvalue weighted by Crippen LogP contribution is -2.30. The standard InChI is InChI=1S/C60H100O6/c1-4-7-10-13-16-19-22-25-27-29-30-32-33-35-38-41-44-47-50-53-59(62)65-56-57(55-64-58(61)52-49-46-43-40-37-24-21-18-15-12-9-6-3)66-60(63)54-51-48-45-42-39-36-34-31-28-26-23-20-17-14-11-8-5-2/h7,10,16,18-19,21,25-28,30,32,35,38,44,47,57H,4-6,8-9,11-15,17,20,22-24,29,31,33-34,36-37,39-43,45-46,48-56H2,1-3H3/b10-7-,19-16-,21-18-,27-25-,28-26-,32-30-,38-35-,47-44-/t57-/m1/s1. The molecule has 0 heterocycles. The molecule has 1 atom stereocenters. The molecule has 0 aliphatic rings. The highest BCUT2D eigenvalue weighted by Gasteiger charge is 2.19. The van der Waals surface area contributed by atoms with E-state index in [1.54, 1.807) is 0 Å². The molecule has 0 aliphatic carbocycles. The summed E-state index contributed by atoms with van der Waals surface area (Å²) in [6.07, 6.45) is 71.2. The van der Waals surface area contributed by atoms with Gasteiger partial charge in [-0.15, -0.1) is 0 Å². The Balaban J connectivity index is 4.50. The summed E-state index contributed by atoms with van der Waals surface area (Å²) in [6.45, 7) is 6.42. The summed E-state index contributed by atoms with van der Waals surface area (Å²) in [7, 11) is 0. The lowest BCUT2D eigenvalue weighted by molar-refractivity contribution is -0.166. The summed E-state index contributed by atoms with van der Waals surface area (Å²) < 4.78 is 16.7. The Hall–Kier alpha value is -3.67. The van der Waals surface area contributed by atoms with Crippen LogP contribution in [0.4, 0.5) is 0 Å². The van der Waals surface area contributed by atoms with E-state index in [2.05, 4.69) is 112 Å². The highest BCUT2D eigenvalue weighted by Crippen LogP contribution is 2.14. The molecule has 0 saturated heterocycles. The molecule has 0 fully saturated rings. The SMILES string of the molecule is CC/C=C\C/C=C\C/C=C\C/C=C\C/C=C\C/C=C\CCC(=O)OC[C@@H](COC(=O)CCCCCCC/C=C\CCCCC)OC(=O)CCCCCCCCC/C=C\CCCCCCCC. The van der Waals surface area contributed by atoms with Crippen LogP contribution in [0.25, 0.3) is 0 Å². The van der Waals surface area contributed by atoms with Gasteiger partial charge in [-0.3, -0.25) is 14.4 Å². The number of rotatable bonds is 48. The maximum absolute atomic E-state index is 12.8. The summed E-state index contributed by atoms with van der Waals surface area (Å²) >= 11 is 0. The van der Waals surface area contributed by atoms with Gasteiger partial charge in [0.1, 0.15) is 13.2 Å². The third kappa shape index (κ3) is 51.3. The number of unbranched alkanes of at least 4 members (excludes halogenated alkanes) is 21. The van der Waals surface area contributed by atoms with E-state index in [0.29, 0.717) is 19.3 Å². The maximum atomic E-state index is 12.8. The summed E-state index contributed by atoms with van der Waals surface area (Å²) in [5, 5.41) is 0. The smallest absolute Gasteiger partial charge is 0.306 e. The van der Waals surface area contributed by atoms with Crippen molar-refractivity contribution in [2.75, 3.05) is 13.2 Å². The fraction of sp³-hybridized carbons (Fsp3) is 0.683. The van der Waals surface area contributed by atoms with Crippen LogP contribution in [-0.2, 0) is 28.6 Å². The van der Waals surface area contributed by atoms with Crippen LogP contribution < -0.4 is 0 Å². The van der Waals surface area contributed by atoms with Crippen molar-refractivity contribution in [3.63, 3.8) is 0 Å². The summed E-state index contributed by atoms with van der Waals surface area (Å²) in [4.78, 5) is 38.0. The van der Waals surface area contributed by atoms with Gasteiger partial charge in [-0.05, 0) is 109 Å². The van der Waals surface area contributed by atoms with Crippen molar-refractivity contribution in [3.8, 4) is 0 Å². The van der Waals surface area contributed by atoms with E-state index in [1.807, 2.05) is 6.08 Å². The van der Waals surface area contributed by atoms with Crippen LogP contribution in [0, 0.1) is 0 Å². The van der Waals surface area contributed by atoms with E-state index in [1.165, 1.54) is 109 Å². The van der Waals surface area contributed by atoms with Crippen molar-refractivity contribution in [1.82, 2.24) is 0 Å². The lowest BCUT2D eigenvalue weighted by Gasteiger charge is -2.18. The Morgan fingerprint density at radius 3 is 1.05 bits per heavy atom. The van der Waals surface area contributed by atoms with Crippen molar-refractivity contribution < 1.29 is 28.6 Å². The quantitative estimate of drug-likeness (QED) is 0.0262. The van der Waals surface area contributed by atoms with Crippen LogP contribution in [0.5, 0.6) is 0 Å². The molecule has 0 aromatic rings. The summed E-state index contributed by atoms with van der Waals surface area (Å²) in [5.41, 5.74) is 0. The van der Waals surface area contributed by atoms with Crippen LogP contribution in [0.3, 0.4) is 0 Å². The zero-order chi connectivity index (χ0) is 47.9. The van der Waals surface area contributed by atoms with Gasteiger partial charge in [0, 0.05) is 19.3 Å². The third-order valence-corrected chi connectivity index (χ3v) is 11.3. The average Bonchev–Trinajstić information content (AvgIpc) is 3.31. The predicted molar refractivity (Wildman–Crippen MR) is 284 cm³/mol. The Morgan fingerprint density at radius 1 is 0.318 bits per heavy atom. The molecule has 0 N–H and O–H groups in total. The largest absolute Gasteiger partial charge is 0.462 e. The Labute approximate surface area is 407 Å². The van der Waals surface area contributed by atoms with E-state index < -0.39 is 6.10 Å². The van der Waals surface area contributed by atoms with Gasteiger partial charge in [0.2, 0.25) is 0 Å². The monoisotopic (exact) mass is 917 g/mol. The fourth-order valence-corrected chi connectivity index (χ4v) is 7.22. The third-order valence-electron chi connectivity index (χ3n) is 11.3. The van der Waals surface area contributed by atoms with E-state index in [9.17, 15) is 14.4 Å². The first-order valence-corrected chi connectivity index (χ1v) is 27.2. The number of carbonyl (C=O) groups excluding carboxylic acids is 3. The normalized spacial score (nSPS) is 12.8. The Bertz CT molecular complexity index is 1330. The highest BCUT2D eigenvalue weighted by atomic mass is 16.6. The van der Waals surface area contributed by atoms with Gasteiger partial charge >= 0.3 is 17.9 Å². The van der Waals surface area contributed by atoms with Crippen LogP contribution in [0.15, 0.2) is 97.2 Å². The van der Waals surface area contributed by atoms with Crippen molar-refractivity contribution in [1.29, 1.82) is 0 Å². The molecular weight excluding hydrogens is 817 g/mol. The molecule has 0 saturated carbocycles. The lowest BCUT2D eigenvalue weighted by atomic mass is 10.1. The molecule has 0 spiro atoms. The van der Waals surface area contributed by atoms with Gasteiger partial charge in [-0.25, -0.2) is 0 Å². The first-order chi connectivity index (χ1) is 32.5. The number of hydrogen-bond acceptors (Lipinski definition) is 6. The predicted octanol–water partition coefficient (Wildman–Crippen LogP) is 18.1. The molecule has 0 radical (unpaired) electrons. The average molecular weight is 917 g/mol. The van der Waals surface area contributed by atoms with Gasteiger partial charge in [0.05, 0.1) is 0 Å². The Morgan fingerprint density at radius 2 is 0.621 bits per heavy atom. The zero-order valence-electron chi connectivity index (χ0n) is 42.9. The van der Waals surface area contributed by atoms with Gasteiger partial charge in [0.25, 0.3) is 0 Å². The second kappa shape index (κ2) is 53.9. The van der Waals surface area contributed by atoms with Crippen molar-refractivity contribution in [2.45, 2.75) is 252 Å². The number of esters is 3. The molecule has 0 bridgehead atoms. The number of carbonyl (C=O) groups is 3. The van der Waals surface area contributed by atoms with Crippen LogP contribution in [-0.4, -0.2) is 37.2 Å². The number of ether oxygens (including phenoxy) is 3. The fourth-order valence-electron chi connectivity index (χ4n) is 7.22. The summed E-state index contributed by atoms with van der Waals surface area (Å²) in [5.74, 6) is -1.01. The minimum Gasteiger partial charge on any atom is -0.462 e. The first kappa shape index (κ1) is 62.3. The van der Waals surface area contributed by atoms with E-state index in [4.69, 9.17) is 14.2 Å². The van der Waals surface area contributed by atoms with Gasteiger partial charge in [0.15, 0.2) is 6.10 Å². The maximum Gasteiger partial charge on any atom is 0.306 e. The van der Waals surface area contributed by atoms with Gasteiger partial charge in [-0.2, -0.15) is 0 Å². The molecule has 376 valence electrons. The molecule has 0 amide bonds. The molecule has 0 aromatic heterocycles. The zero-order valence-corrected chi connectivity index (χ0v) is 42.9. The molecular formula is C60H100O6. The molecule has 0 rings (SSSR count). The van der Waals surface area contributed by atoms with Crippen LogP contribution in [0.1, 0.15) is 245 Å². The van der Waals surface area contributed by atoms with Crippen molar-refractivity contribution in [2.24, 2.45) is 0 Å². The highest BCUT2D eigenvalue weighted by molar-refractivity contribution is 5.71. The molecule has 0 unspecified atom stereocenters. The van der Waals surface area contributed by atoms with Crippen LogP contribution >= 0.6 is 0 Å².